The van der Waals surface area contributed by atoms with Crippen LogP contribution in [-0.4, -0.2) is 20.6 Å². The summed E-state index contributed by atoms with van der Waals surface area (Å²) in [5.41, 5.74) is 0. The van der Waals surface area contributed by atoms with Crippen LogP contribution >= 0.6 is 23.2 Å². The maximum atomic E-state index is 12.5. The van der Waals surface area contributed by atoms with Crippen molar-refractivity contribution in [2.45, 2.75) is 9.79 Å². The fourth-order valence-corrected chi connectivity index (χ4v) is 3.63. The number of aromatic hydroxyl groups is 1. The Morgan fingerprint density at radius 1 is 1.00 bits per heavy atom. The average molecular weight is 333 g/mol. The first kappa shape index (κ1) is 15.0. The van der Waals surface area contributed by atoms with E-state index in [1.807, 2.05) is 0 Å². The molecule has 2 aromatic rings. The van der Waals surface area contributed by atoms with Crippen LogP contribution in [0.4, 0.5) is 0 Å². The standard InChI is InChI=1S/C13H10Cl2O4S/c1-19-8-2-4-9(5-3-8)20(17,18)11-7-6-10(16)12(14)13(11)15/h2-7,16H,1H3. The van der Waals surface area contributed by atoms with Crippen molar-refractivity contribution in [2.24, 2.45) is 0 Å². The topological polar surface area (TPSA) is 63.6 Å². The number of phenols is 1. The van der Waals surface area contributed by atoms with Crippen LogP contribution in [0.2, 0.25) is 10.0 Å². The number of phenolic OH excluding ortho intramolecular Hbond substituents is 1. The Morgan fingerprint density at radius 2 is 1.60 bits per heavy atom. The summed E-state index contributed by atoms with van der Waals surface area (Å²) in [5.74, 6) is 0.268. The minimum atomic E-state index is -3.82. The zero-order chi connectivity index (χ0) is 14.9. The molecule has 0 saturated carbocycles. The van der Waals surface area contributed by atoms with Crippen molar-refractivity contribution in [3.63, 3.8) is 0 Å². The Labute approximate surface area is 126 Å². The quantitative estimate of drug-likeness (QED) is 0.933. The lowest BCUT2D eigenvalue weighted by molar-refractivity contribution is 0.414. The molecule has 0 aliphatic rings. The van der Waals surface area contributed by atoms with Gasteiger partial charge in [-0.15, -0.1) is 0 Å². The molecule has 0 unspecified atom stereocenters. The van der Waals surface area contributed by atoms with E-state index < -0.39 is 9.84 Å². The molecule has 7 heteroatoms. The molecule has 0 atom stereocenters. The Kier molecular flexibility index (Phi) is 4.13. The molecule has 0 aromatic heterocycles. The minimum absolute atomic E-state index is 0.0574. The number of hydrogen-bond donors (Lipinski definition) is 1. The Balaban J connectivity index is 2.57. The smallest absolute Gasteiger partial charge is 0.208 e. The van der Waals surface area contributed by atoms with Gasteiger partial charge >= 0.3 is 0 Å². The largest absolute Gasteiger partial charge is 0.506 e. The molecule has 0 amide bonds. The maximum Gasteiger partial charge on any atom is 0.208 e. The van der Waals surface area contributed by atoms with E-state index in [4.69, 9.17) is 27.9 Å². The van der Waals surface area contributed by atoms with E-state index >= 15 is 0 Å². The lowest BCUT2D eigenvalue weighted by Crippen LogP contribution is -2.03. The maximum absolute atomic E-state index is 12.5. The summed E-state index contributed by atoms with van der Waals surface area (Å²) in [5, 5.41) is 9.00. The van der Waals surface area contributed by atoms with Gasteiger partial charge in [0.05, 0.1) is 21.9 Å². The van der Waals surface area contributed by atoms with Crippen molar-refractivity contribution in [1.29, 1.82) is 0 Å². The Hall–Kier alpha value is -1.43. The molecule has 0 spiro atoms. The van der Waals surface area contributed by atoms with Gasteiger partial charge in [0.15, 0.2) is 0 Å². The van der Waals surface area contributed by atoms with Gasteiger partial charge in [-0.3, -0.25) is 0 Å². The zero-order valence-electron chi connectivity index (χ0n) is 10.3. The van der Waals surface area contributed by atoms with Crippen LogP contribution in [-0.2, 0) is 9.84 Å². The second-order valence-corrected chi connectivity index (χ2v) is 6.56. The van der Waals surface area contributed by atoms with Gasteiger partial charge < -0.3 is 9.84 Å². The predicted molar refractivity (Wildman–Crippen MR) is 76.6 cm³/mol. The first-order valence-electron chi connectivity index (χ1n) is 5.44. The van der Waals surface area contributed by atoms with E-state index in [-0.39, 0.29) is 25.6 Å². The normalized spacial score (nSPS) is 11.3. The highest BCUT2D eigenvalue weighted by atomic mass is 35.5. The summed E-state index contributed by atoms with van der Waals surface area (Å²) >= 11 is 11.7. The van der Waals surface area contributed by atoms with Crippen molar-refractivity contribution in [1.82, 2.24) is 0 Å². The molecule has 0 aliphatic heterocycles. The highest BCUT2D eigenvalue weighted by Crippen LogP contribution is 2.38. The third kappa shape index (κ3) is 2.57. The van der Waals surface area contributed by atoms with Gasteiger partial charge in [-0.2, -0.15) is 0 Å². The first-order valence-corrected chi connectivity index (χ1v) is 7.68. The van der Waals surface area contributed by atoms with Crippen molar-refractivity contribution in [3.8, 4) is 11.5 Å². The Morgan fingerprint density at radius 3 is 2.15 bits per heavy atom. The van der Waals surface area contributed by atoms with Crippen molar-refractivity contribution in [3.05, 3.63) is 46.4 Å². The summed E-state index contributed by atoms with van der Waals surface area (Å²) in [4.78, 5) is -0.103. The number of methoxy groups -OCH3 is 1. The van der Waals surface area contributed by atoms with Crippen LogP contribution < -0.4 is 4.74 Å². The summed E-state index contributed by atoms with van der Waals surface area (Å²) in [6, 6.07) is 8.27. The van der Waals surface area contributed by atoms with Gasteiger partial charge in [0.25, 0.3) is 0 Å². The van der Waals surface area contributed by atoms with E-state index in [1.54, 1.807) is 0 Å². The SMILES string of the molecule is COc1ccc(S(=O)(=O)c2ccc(O)c(Cl)c2Cl)cc1. The van der Waals surface area contributed by atoms with Gasteiger partial charge in [-0.25, -0.2) is 8.42 Å². The predicted octanol–water partition coefficient (Wildman–Crippen LogP) is 3.54. The molecule has 4 nitrogen and oxygen atoms in total. The number of rotatable bonds is 3. The molecule has 0 aliphatic carbocycles. The second kappa shape index (κ2) is 5.52. The molecule has 106 valence electrons. The third-order valence-corrected chi connectivity index (χ3v) is 5.48. The molecular formula is C13H10Cl2O4S. The Bertz CT molecular complexity index is 740. The average Bonchev–Trinajstić information content (AvgIpc) is 2.44. The zero-order valence-corrected chi connectivity index (χ0v) is 12.6. The summed E-state index contributed by atoms with van der Waals surface area (Å²) in [6.45, 7) is 0. The van der Waals surface area contributed by atoms with Gasteiger partial charge in [-0.05, 0) is 36.4 Å². The number of halogens is 2. The van der Waals surface area contributed by atoms with Crippen LogP contribution in [0, 0.1) is 0 Å². The van der Waals surface area contributed by atoms with Gasteiger partial charge in [0.1, 0.15) is 16.5 Å². The first-order chi connectivity index (χ1) is 9.37. The highest BCUT2D eigenvalue weighted by Gasteiger charge is 2.23. The molecule has 1 N–H and O–H groups in total. The van der Waals surface area contributed by atoms with Crippen LogP contribution in [0.1, 0.15) is 0 Å². The molecule has 20 heavy (non-hydrogen) atoms. The van der Waals surface area contributed by atoms with E-state index in [2.05, 4.69) is 0 Å². The van der Waals surface area contributed by atoms with Crippen LogP contribution in [0.3, 0.4) is 0 Å². The lowest BCUT2D eigenvalue weighted by Gasteiger charge is -2.09. The number of sulfone groups is 1. The van der Waals surface area contributed by atoms with E-state index in [9.17, 15) is 13.5 Å². The lowest BCUT2D eigenvalue weighted by atomic mass is 10.3. The van der Waals surface area contributed by atoms with E-state index in [0.29, 0.717) is 5.75 Å². The summed E-state index contributed by atoms with van der Waals surface area (Å²) < 4.78 is 29.9. The van der Waals surface area contributed by atoms with Gasteiger partial charge in [0.2, 0.25) is 9.84 Å². The molecule has 0 fully saturated rings. The van der Waals surface area contributed by atoms with Crippen molar-refractivity contribution >= 4 is 33.0 Å². The number of benzene rings is 2. The fraction of sp³-hybridized carbons (Fsp3) is 0.0769. The molecule has 2 aromatic carbocycles. The summed E-state index contributed by atoms with van der Waals surface area (Å²) in [6.07, 6.45) is 0. The fourth-order valence-electron chi connectivity index (χ4n) is 1.61. The second-order valence-electron chi connectivity index (χ2n) is 3.89. The molecular weight excluding hydrogens is 323 g/mol. The monoisotopic (exact) mass is 332 g/mol. The molecule has 0 saturated heterocycles. The molecule has 2 rings (SSSR count). The summed E-state index contributed by atoms with van der Waals surface area (Å²) in [7, 11) is -2.33. The molecule has 0 heterocycles. The van der Waals surface area contributed by atoms with Gasteiger partial charge in [-0.1, -0.05) is 23.2 Å². The van der Waals surface area contributed by atoms with Crippen LogP contribution in [0.15, 0.2) is 46.2 Å². The number of ether oxygens (including phenoxy) is 1. The van der Waals surface area contributed by atoms with E-state index in [1.165, 1.54) is 43.5 Å². The molecule has 0 radical (unpaired) electrons. The third-order valence-electron chi connectivity index (χ3n) is 2.69. The van der Waals surface area contributed by atoms with Crippen molar-refractivity contribution < 1.29 is 18.3 Å². The van der Waals surface area contributed by atoms with E-state index in [0.717, 1.165) is 0 Å². The molecule has 0 bridgehead atoms. The minimum Gasteiger partial charge on any atom is -0.506 e. The van der Waals surface area contributed by atoms with Crippen LogP contribution in [0.25, 0.3) is 0 Å². The number of hydrogen-bond acceptors (Lipinski definition) is 4. The van der Waals surface area contributed by atoms with Crippen LogP contribution in [0.5, 0.6) is 11.5 Å². The van der Waals surface area contributed by atoms with Crippen molar-refractivity contribution in [2.75, 3.05) is 7.11 Å². The van der Waals surface area contributed by atoms with Gasteiger partial charge in [0, 0.05) is 0 Å². The highest BCUT2D eigenvalue weighted by molar-refractivity contribution is 7.91.